The van der Waals surface area contributed by atoms with E-state index in [4.69, 9.17) is 0 Å². The van der Waals surface area contributed by atoms with Crippen LogP contribution in [-0.4, -0.2) is 27.5 Å². The third kappa shape index (κ3) is 2.56. The molecule has 24 heavy (non-hydrogen) atoms. The molecule has 1 saturated heterocycles. The van der Waals surface area contributed by atoms with Gasteiger partial charge in [0.15, 0.2) is 5.65 Å². The van der Waals surface area contributed by atoms with Gasteiger partial charge in [0.2, 0.25) is 5.95 Å². The van der Waals surface area contributed by atoms with Crippen LogP contribution in [0.1, 0.15) is 26.2 Å². The second-order valence-corrected chi connectivity index (χ2v) is 6.35. The van der Waals surface area contributed by atoms with Gasteiger partial charge in [0, 0.05) is 18.8 Å². The van der Waals surface area contributed by atoms with E-state index < -0.39 is 0 Å². The Bertz CT molecular complexity index is 920. The number of H-pyrrole nitrogens is 1. The number of hydrogen-bond donors (Lipinski definition) is 1. The molecule has 3 heterocycles. The third-order valence-electron chi connectivity index (χ3n) is 4.75. The predicted molar refractivity (Wildman–Crippen MR) is 96.3 cm³/mol. The van der Waals surface area contributed by atoms with Crippen LogP contribution in [0.5, 0.6) is 0 Å². The molecule has 1 fully saturated rings. The lowest BCUT2D eigenvalue weighted by atomic mass is 10.0. The molecule has 1 aliphatic heterocycles. The highest BCUT2D eigenvalue weighted by atomic mass is 16.1. The van der Waals surface area contributed by atoms with Gasteiger partial charge in [-0.25, -0.2) is 4.98 Å². The lowest BCUT2D eigenvalue weighted by molar-refractivity contribution is 0.477. The van der Waals surface area contributed by atoms with E-state index in [2.05, 4.69) is 26.8 Å². The molecule has 1 aliphatic rings. The number of anilines is 1. The Labute approximate surface area is 140 Å². The monoisotopic (exact) mass is 320 g/mol. The van der Waals surface area contributed by atoms with Crippen LogP contribution in [0, 0.1) is 0 Å². The number of aromatic amines is 1. The Morgan fingerprint density at radius 2 is 2.00 bits per heavy atom. The van der Waals surface area contributed by atoms with Crippen molar-refractivity contribution in [1.82, 2.24) is 15.0 Å². The van der Waals surface area contributed by atoms with Gasteiger partial charge in [-0.2, -0.15) is 4.98 Å². The van der Waals surface area contributed by atoms with Crippen molar-refractivity contribution in [3.05, 3.63) is 52.9 Å². The first-order valence-corrected chi connectivity index (χ1v) is 8.45. The number of pyridine rings is 1. The summed E-state index contributed by atoms with van der Waals surface area (Å²) in [5.74, 6) is 0.636. The Balaban J connectivity index is 1.87. The number of benzene rings is 1. The zero-order valence-corrected chi connectivity index (χ0v) is 13.7. The van der Waals surface area contributed by atoms with E-state index >= 15 is 0 Å². The van der Waals surface area contributed by atoms with Gasteiger partial charge in [0.1, 0.15) is 0 Å². The maximum Gasteiger partial charge on any atom is 0.262 e. The molecule has 3 aromatic rings. The average Bonchev–Trinajstić information content (AvgIpc) is 2.62. The minimum Gasteiger partial charge on any atom is -0.340 e. The normalized spacial score (nSPS) is 18.0. The molecule has 0 radical (unpaired) electrons. The molecular weight excluding hydrogens is 300 g/mol. The van der Waals surface area contributed by atoms with Gasteiger partial charge >= 0.3 is 0 Å². The second-order valence-electron chi connectivity index (χ2n) is 6.35. The fraction of sp³-hybridized carbons (Fsp3) is 0.316. The van der Waals surface area contributed by atoms with Crippen LogP contribution in [0.4, 0.5) is 5.95 Å². The van der Waals surface area contributed by atoms with Gasteiger partial charge in [-0.15, -0.1) is 0 Å². The summed E-state index contributed by atoms with van der Waals surface area (Å²) in [6.45, 7) is 3.10. The fourth-order valence-electron chi connectivity index (χ4n) is 3.46. The molecular formula is C19H20N4O. The summed E-state index contributed by atoms with van der Waals surface area (Å²) in [7, 11) is 0. The highest BCUT2D eigenvalue weighted by Gasteiger charge is 2.22. The number of fused-ring (bicyclic) bond motifs is 1. The summed E-state index contributed by atoms with van der Waals surface area (Å²) in [6, 6.07) is 12.1. The molecule has 0 bridgehead atoms. The van der Waals surface area contributed by atoms with Crippen molar-refractivity contribution >= 4 is 17.0 Å². The first-order chi connectivity index (χ1) is 11.7. The van der Waals surface area contributed by atoms with Crippen molar-refractivity contribution < 1.29 is 0 Å². The van der Waals surface area contributed by atoms with Gasteiger partial charge in [-0.3, -0.25) is 9.78 Å². The lowest BCUT2D eigenvalue weighted by Gasteiger charge is -2.33. The molecule has 122 valence electrons. The maximum atomic E-state index is 12.8. The van der Waals surface area contributed by atoms with E-state index in [0.717, 1.165) is 30.5 Å². The molecule has 1 atom stereocenters. The lowest BCUT2D eigenvalue weighted by Crippen LogP contribution is -2.39. The molecule has 0 aliphatic carbocycles. The van der Waals surface area contributed by atoms with E-state index in [1.165, 1.54) is 6.42 Å². The molecule has 0 saturated carbocycles. The number of nitrogens with one attached hydrogen (secondary N) is 1. The standard InChI is InChI=1S/C19H20N4O/c1-13-7-5-6-12-23(13)19-21-17-16(18(24)22-19)15(10-11-20-17)14-8-3-2-4-9-14/h2-4,8-11,13H,5-7,12H2,1H3,(H,20,21,22,24). The van der Waals surface area contributed by atoms with Crippen LogP contribution in [0.25, 0.3) is 22.2 Å². The summed E-state index contributed by atoms with van der Waals surface area (Å²) in [5.41, 5.74) is 2.25. The molecule has 1 aromatic carbocycles. The fourth-order valence-corrected chi connectivity index (χ4v) is 3.46. The van der Waals surface area contributed by atoms with Crippen LogP contribution in [-0.2, 0) is 0 Å². The minimum atomic E-state index is -0.125. The third-order valence-corrected chi connectivity index (χ3v) is 4.75. The molecule has 2 aromatic heterocycles. The summed E-state index contributed by atoms with van der Waals surface area (Å²) in [4.78, 5) is 26.9. The Hall–Kier alpha value is -2.69. The Morgan fingerprint density at radius 1 is 1.17 bits per heavy atom. The topological polar surface area (TPSA) is 61.9 Å². The molecule has 0 amide bonds. The summed E-state index contributed by atoms with van der Waals surface area (Å²) >= 11 is 0. The summed E-state index contributed by atoms with van der Waals surface area (Å²) < 4.78 is 0. The zero-order chi connectivity index (χ0) is 16.5. The van der Waals surface area contributed by atoms with Crippen molar-refractivity contribution in [1.29, 1.82) is 0 Å². The molecule has 1 N–H and O–H groups in total. The SMILES string of the molecule is CC1CCCCN1c1nc2nccc(-c3ccccc3)c2c(=O)[nH]1. The van der Waals surface area contributed by atoms with Gasteiger partial charge in [0.25, 0.3) is 5.56 Å². The van der Waals surface area contributed by atoms with Gasteiger partial charge < -0.3 is 4.90 Å². The van der Waals surface area contributed by atoms with Crippen LogP contribution in [0.2, 0.25) is 0 Å². The van der Waals surface area contributed by atoms with Crippen LogP contribution in [0.15, 0.2) is 47.4 Å². The second kappa shape index (κ2) is 6.07. The molecule has 0 spiro atoms. The van der Waals surface area contributed by atoms with Crippen molar-refractivity contribution in [2.24, 2.45) is 0 Å². The quantitative estimate of drug-likeness (QED) is 0.786. The van der Waals surface area contributed by atoms with Gasteiger partial charge in [-0.1, -0.05) is 30.3 Å². The van der Waals surface area contributed by atoms with E-state index in [9.17, 15) is 4.79 Å². The Kier molecular flexibility index (Phi) is 3.76. The van der Waals surface area contributed by atoms with Gasteiger partial charge in [-0.05, 0) is 43.4 Å². The number of hydrogen-bond acceptors (Lipinski definition) is 4. The highest BCUT2D eigenvalue weighted by Crippen LogP contribution is 2.26. The van der Waals surface area contributed by atoms with E-state index in [1.807, 2.05) is 36.4 Å². The highest BCUT2D eigenvalue weighted by molar-refractivity contribution is 5.92. The average molecular weight is 320 g/mol. The minimum absolute atomic E-state index is 0.125. The predicted octanol–water partition coefficient (Wildman–Crippen LogP) is 3.36. The van der Waals surface area contributed by atoms with Crippen LogP contribution in [0.3, 0.4) is 0 Å². The number of piperidine rings is 1. The number of nitrogens with zero attached hydrogens (tertiary/aromatic N) is 3. The smallest absolute Gasteiger partial charge is 0.262 e. The van der Waals surface area contributed by atoms with Crippen molar-refractivity contribution in [2.75, 3.05) is 11.4 Å². The van der Waals surface area contributed by atoms with Crippen molar-refractivity contribution in [3.8, 4) is 11.1 Å². The van der Waals surface area contributed by atoms with Crippen molar-refractivity contribution in [2.45, 2.75) is 32.2 Å². The van der Waals surface area contributed by atoms with E-state index in [0.29, 0.717) is 23.0 Å². The largest absolute Gasteiger partial charge is 0.340 e. The van der Waals surface area contributed by atoms with Crippen LogP contribution < -0.4 is 10.5 Å². The summed E-state index contributed by atoms with van der Waals surface area (Å²) in [6.07, 6.45) is 5.20. The zero-order valence-electron chi connectivity index (χ0n) is 13.7. The van der Waals surface area contributed by atoms with Gasteiger partial charge in [0.05, 0.1) is 5.39 Å². The molecule has 5 heteroatoms. The van der Waals surface area contributed by atoms with Crippen molar-refractivity contribution in [3.63, 3.8) is 0 Å². The van der Waals surface area contributed by atoms with Crippen LogP contribution >= 0.6 is 0 Å². The first-order valence-electron chi connectivity index (χ1n) is 8.45. The van der Waals surface area contributed by atoms with E-state index in [1.54, 1.807) is 6.20 Å². The molecule has 1 unspecified atom stereocenters. The number of aromatic nitrogens is 3. The molecule has 4 rings (SSSR count). The Morgan fingerprint density at radius 3 is 2.79 bits per heavy atom. The summed E-state index contributed by atoms with van der Waals surface area (Å²) in [5, 5.41) is 0.553. The number of rotatable bonds is 2. The molecule has 5 nitrogen and oxygen atoms in total. The first kappa shape index (κ1) is 14.9. The van der Waals surface area contributed by atoms with E-state index in [-0.39, 0.29) is 5.56 Å². The maximum absolute atomic E-state index is 12.8.